The molecule has 0 aliphatic rings. The Kier molecular flexibility index (Phi) is 8.20. The molecule has 0 atom stereocenters. The van der Waals surface area contributed by atoms with Crippen molar-refractivity contribution in [2.75, 3.05) is 11.5 Å². The lowest BCUT2D eigenvalue weighted by molar-refractivity contribution is 0.0440. The highest BCUT2D eigenvalue weighted by Crippen LogP contribution is 2.37. The quantitative estimate of drug-likeness (QED) is 0.332. The van der Waals surface area contributed by atoms with Gasteiger partial charge in [-0.15, -0.1) is 0 Å². The van der Waals surface area contributed by atoms with Crippen LogP contribution in [0.25, 0.3) is 0 Å². The van der Waals surface area contributed by atoms with E-state index in [0.29, 0.717) is 11.4 Å². The van der Waals surface area contributed by atoms with E-state index in [2.05, 4.69) is 95.2 Å². The number of nitrogens with two attached hydrogens (primary N) is 2. The van der Waals surface area contributed by atoms with Crippen LogP contribution in [-0.4, -0.2) is 6.16 Å². The average molecular weight is 497 g/mol. The number of hydrogen-bond acceptors (Lipinski definition) is 5. The summed E-state index contributed by atoms with van der Waals surface area (Å²) in [5.74, 6) is 0. The second-order valence-corrected chi connectivity index (χ2v) is 14.0. The van der Waals surface area contributed by atoms with Crippen molar-refractivity contribution in [2.45, 2.75) is 118 Å². The number of benzene rings is 2. The number of ether oxygens (including phenoxy) is 2. The lowest BCUT2D eigenvalue weighted by atomic mass is 9.78. The highest BCUT2D eigenvalue weighted by Gasteiger charge is 2.27. The molecule has 36 heavy (non-hydrogen) atoms. The minimum atomic E-state index is -0.716. The largest absolute Gasteiger partial charge is 0.508 e. The van der Waals surface area contributed by atoms with Crippen molar-refractivity contribution in [3.8, 4) is 0 Å². The first-order valence-corrected chi connectivity index (χ1v) is 12.8. The summed E-state index contributed by atoms with van der Waals surface area (Å²) in [5.41, 5.74) is 19.9. The Morgan fingerprint density at radius 2 is 0.833 bits per heavy atom. The molecule has 200 valence electrons. The zero-order valence-electron chi connectivity index (χ0n) is 24.6. The third-order valence-corrected chi connectivity index (χ3v) is 6.47. The van der Waals surface area contributed by atoms with Gasteiger partial charge in [0.2, 0.25) is 0 Å². The SMILES string of the molecule is CC(C)(C)c1cc(C(C)(C)C)c(COC(=O)OCc2cc(N)c(C(C)(C)C)cc2C(C)(C)C)cc1N. The zero-order valence-corrected chi connectivity index (χ0v) is 24.6. The van der Waals surface area contributed by atoms with E-state index in [4.69, 9.17) is 20.9 Å². The Morgan fingerprint density at radius 1 is 0.556 bits per heavy atom. The molecule has 0 aliphatic heterocycles. The maximum absolute atomic E-state index is 12.6. The summed E-state index contributed by atoms with van der Waals surface area (Å²) >= 11 is 0. The van der Waals surface area contributed by atoms with Crippen LogP contribution in [0.1, 0.15) is 116 Å². The van der Waals surface area contributed by atoms with E-state index in [1.54, 1.807) is 0 Å². The van der Waals surface area contributed by atoms with E-state index in [9.17, 15) is 4.79 Å². The molecule has 0 aromatic heterocycles. The molecule has 5 nitrogen and oxygen atoms in total. The van der Waals surface area contributed by atoms with Crippen LogP contribution in [0, 0.1) is 0 Å². The van der Waals surface area contributed by atoms with Crippen molar-refractivity contribution in [1.82, 2.24) is 0 Å². The molecule has 0 spiro atoms. The summed E-state index contributed by atoms with van der Waals surface area (Å²) in [6.07, 6.45) is -0.716. The molecule has 2 aromatic rings. The van der Waals surface area contributed by atoms with Crippen molar-refractivity contribution in [2.24, 2.45) is 0 Å². The van der Waals surface area contributed by atoms with E-state index in [0.717, 1.165) is 33.4 Å². The lowest BCUT2D eigenvalue weighted by Crippen LogP contribution is -2.22. The van der Waals surface area contributed by atoms with E-state index < -0.39 is 6.16 Å². The summed E-state index contributed by atoms with van der Waals surface area (Å²) in [7, 11) is 0. The molecule has 0 unspecified atom stereocenters. The number of rotatable bonds is 4. The van der Waals surface area contributed by atoms with Gasteiger partial charge >= 0.3 is 6.16 Å². The van der Waals surface area contributed by atoms with Crippen LogP contribution in [0.5, 0.6) is 0 Å². The molecule has 4 N–H and O–H groups in total. The lowest BCUT2D eigenvalue weighted by Gasteiger charge is -2.29. The van der Waals surface area contributed by atoms with E-state index in [-0.39, 0.29) is 34.9 Å². The second-order valence-electron chi connectivity index (χ2n) is 14.0. The first kappa shape index (κ1) is 29.5. The van der Waals surface area contributed by atoms with Gasteiger partial charge in [-0.25, -0.2) is 4.79 Å². The number of hydrogen-bond donors (Lipinski definition) is 2. The first-order valence-electron chi connectivity index (χ1n) is 12.8. The third-order valence-electron chi connectivity index (χ3n) is 6.47. The molecule has 2 rings (SSSR count). The summed E-state index contributed by atoms with van der Waals surface area (Å²) in [6, 6.07) is 8.15. The van der Waals surface area contributed by atoms with Crippen molar-refractivity contribution in [1.29, 1.82) is 0 Å². The van der Waals surface area contributed by atoms with Gasteiger partial charge in [-0.3, -0.25) is 0 Å². The predicted molar refractivity (Wildman–Crippen MR) is 151 cm³/mol. The Labute approximate surface area is 218 Å². The van der Waals surface area contributed by atoms with Gasteiger partial charge in [-0.2, -0.15) is 0 Å². The first-order chi connectivity index (χ1) is 16.1. The van der Waals surface area contributed by atoms with Gasteiger partial charge in [-0.1, -0.05) is 95.2 Å². The molecule has 0 radical (unpaired) electrons. The Morgan fingerprint density at radius 3 is 1.08 bits per heavy atom. The molecule has 0 saturated heterocycles. The topological polar surface area (TPSA) is 87.6 Å². The van der Waals surface area contributed by atoms with Gasteiger partial charge in [0.1, 0.15) is 13.2 Å². The average Bonchev–Trinajstić information content (AvgIpc) is 2.66. The van der Waals surface area contributed by atoms with Crippen LogP contribution in [0.4, 0.5) is 16.2 Å². The summed E-state index contributed by atoms with van der Waals surface area (Å²) in [5, 5.41) is 0. The number of carbonyl (C=O) groups is 1. The minimum absolute atomic E-state index is 0.0858. The van der Waals surface area contributed by atoms with Crippen molar-refractivity contribution in [3.05, 3.63) is 57.6 Å². The maximum Gasteiger partial charge on any atom is 0.508 e. The number of nitrogen functional groups attached to an aromatic ring is 2. The van der Waals surface area contributed by atoms with Crippen LogP contribution >= 0.6 is 0 Å². The van der Waals surface area contributed by atoms with Gasteiger partial charge in [0, 0.05) is 11.4 Å². The van der Waals surface area contributed by atoms with E-state index in [1.165, 1.54) is 0 Å². The molecule has 5 heteroatoms. The smallest absolute Gasteiger partial charge is 0.429 e. The maximum atomic E-state index is 12.6. The summed E-state index contributed by atoms with van der Waals surface area (Å²) in [4.78, 5) is 12.6. The molecule has 0 fully saturated rings. The molecule has 0 saturated carbocycles. The number of anilines is 2. The minimum Gasteiger partial charge on any atom is -0.429 e. The Bertz CT molecular complexity index is 1020. The summed E-state index contributed by atoms with van der Waals surface area (Å²) < 4.78 is 11.1. The van der Waals surface area contributed by atoms with Crippen molar-refractivity contribution >= 4 is 17.5 Å². The molecule has 0 aliphatic carbocycles. The molecule has 0 amide bonds. The highest BCUT2D eigenvalue weighted by molar-refractivity contribution is 5.62. The van der Waals surface area contributed by atoms with Gasteiger partial charge in [0.25, 0.3) is 0 Å². The standard InChI is InChI=1S/C31H48N2O3/c1-28(2,3)21-15-23(30(7,8)9)25(32)13-19(21)17-35-27(34)36-18-20-14-26(33)24(31(10,11)12)16-22(20)29(4,5)6/h13-16H,17-18,32-33H2,1-12H3. The van der Waals surface area contributed by atoms with Crippen molar-refractivity contribution in [3.63, 3.8) is 0 Å². The van der Waals surface area contributed by atoms with Crippen LogP contribution in [0.15, 0.2) is 24.3 Å². The van der Waals surface area contributed by atoms with Gasteiger partial charge in [0.05, 0.1) is 0 Å². The third kappa shape index (κ3) is 7.18. The Balaban J connectivity index is 2.25. The fourth-order valence-corrected chi connectivity index (χ4v) is 4.58. The summed E-state index contributed by atoms with van der Waals surface area (Å²) in [6.45, 7) is 25.9. The normalized spacial score (nSPS) is 13.0. The van der Waals surface area contributed by atoms with E-state index in [1.807, 2.05) is 12.1 Å². The van der Waals surface area contributed by atoms with Crippen LogP contribution in [0.2, 0.25) is 0 Å². The van der Waals surface area contributed by atoms with Crippen LogP contribution < -0.4 is 11.5 Å². The number of carbonyl (C=O) groups excluding carboxylic acids is 1. The molecule has 0 heterocycles. The van der Waals surface area contributed by atoms with Gasteiger partial charge < -0.3 is 20.9 Å². The van der Waals surface area contributed by atoms with Crippen LogP contribution in [0.3, 0.4) is 0 Å². The van der Waals surface area contributed by atoms with Gasteiger partial charge in [-0.05, 0) is 67.2 Å². The molecule has 2 aromatic carbocycles. The van der Waals surface area contributed by atoms with Gasteiger partial charge in [0.15, 0.2) is 0 Å². The fourth-order valence-electron chi connectivity index (χ4n) is 4.58. The van der Waals surface area contributed by atoms with Crippen molar-refractivity contribution < 1.29 is 14.3 Å². The predicted octanol–water partition coefficient (Wildman–Crippen LogP) is 7.89. The van der Waals surface area contributed by atoms with Crippen LogP contribution in [-0.2, 0) is 44.3 Å². The zero-order chi connectivity index (χ0) is 27.9. The molecular weight excluding hydrogens is 448 g/mol. The second kappa shape index (κ2) is 9.99. The monoisotopic (exact) mass is 496 g/mol. The molecular formula is C31H48N2O3. The van der Waals surface area contributed by atoms with E-state index >= 15 is 0 Å². The highest BCUT2D eigenvalue weighted by atomic mass is 16.7. The Hall–Kier alpha value is -2.69. The molecule has 0 bridgehead atoms. The fraction of sp³-hybridized carbons (Fsp3) is 0.581.